The molecular formula is C13H19NO2. The molecule has 0 saturated carbocycles. The smallest absolute Gasteiger partial charge is 0.0594 e. The van der Waals surface area contributed by atoms with Crippen LogP contribution in [0.3, 0.4) is 0 Å². The van der Waals surface area contributed by atoms with Gasteiger partial charge in [-0.2, -0.15) is 0 Å². The highest BCUT2D eigenvalue weighted by atomic mass is 16.5. The molecule has 0 amide bonds. The van der Waals surface area contributed by atoms with Crippen LogP contribution in [0.1, 0.15) is 22.7 Å². The zero-order valence-electron chi connectivity index (χ0n) is 9.86. The van der Waals surface area contributed by atoms with Crippen LogP contribution in [-0.2, 0) is 4.74 Å². The molecule has 0 bridgehead atoms. The van der Waals surface area contributed by atoms with Gasteiger partial charge < -0.3 is 15.6 Å². The first-order chi connectivity index (χ1) is 7.59. The molecule has 3 nitrogen and oxygen atoms in total. The van der Waals surface area contributed by atoms with E-state index in [1.54, 1.807) is 0 Å². The van der Waals surface area contributed by atoms with Gasteiger partial charge >= 0.3 is 0 Å². The van der Waals surface area contributed by atoms with Crippen molar-refractivity contribution in [3.63, 3.8) is 0 Å². The minimum Gasteiger partial charge on any atom is -0.396 e. The Balaban J connectivity index is 2.26. The molecule has 0 radical (unpaired) electrons. The van der Waals surface area contributed by atoms with Gasteiger partial charge in [0.15, 0.2) is 0 Å². The van der Waals surface area contributed by atoms with Gasteiger partial charge in [-0.15, -0.1) is 0 Å². The van der Waals surface area contributed by atoms with E-state index in [-0.39, 0.29) is 18.1 Å². The van der Waals surface area contributed by atoms with Crippen molar-refractivity contribution in [2.75, 3.05) is 19.8 Å². The van der Waals surface area contributed by atoms with Crippen molar-refractivity contribution in [1.82, 2.24) is 0 Å². The van der Waals surface area contributed by atoms with Crippen molar-refractivity contribution in [3.8, 4) is 0 Å². The third kappa shape index (κ3) is 1.75. The first-order valence-electron chi connectivity index (χ1n) is 5.60. The van der Waals surface area contributed by atoms with Crippen LogP contribution < -0.4 is 5.73 Å². The van der Waals surface area contributed by atoms with Crippen LogP contribution in [0.2, 0.25) is 0 Å². The molecule has 1 aliphatic heterocycles. The Morgan fingerprint density at radius 3 is 2.50 bits per heavy atom. The Morgan fingerprint density at radius 2 is 2.06 bits per heavy atom. The van der Waals surface area contributed by atoms with Gasteiger partial charge in [0.05, 0.1) is 25.2 Å². The molecule has 1 fully saturated rings. The second-order valence-electron chi connectivity index (χ2n) is 4.83. The number of aliphatic hydroxyl groups is 1. The molecule has 3 heteroatoms. The molecule has 3 N–H and O–H groups in total. The molecule has 0 spiro atoms. The van der Waals surface area contributed by atoms with Crippen LogP contribution in [0.4, 0.5) is 0 Å². The van der Waals surface area contributed by atoms with Gasteiger partial charge in [-0.3, -0.25) is 0 Å². The molecule has 1 unspecified atom stereocenters. The van der Waals surface area contributed by atoms with E-state index in [2.05, 4.69) is 26.0 Å². The van der Waals surface area contributed by atoms with E-state index in [9.17, 15) is 5.11 Å². The molecule has 1 heterocycles. The third-order valence-corrected chi connectivity index (χ3v) is 3.64. The minimum atomic E-state index is -0.276. The quantitative estimate of drug-likeness (QED) is 0.809. The van der Waals surface area contributed by atoms with Gasteiger partial charge in [-0.25, -0.2) is 0 Å². The summed E-state index contributed by atoms with van der Waals surface area (Å²) in [6.07, 6.45) is 0. The first kappa shape index (κ1) is 11.6. The number of ether oxygens (including phenoxy) is 1. The molecule has 0 aliphatic carbocycles. The summed E-state index contributed by atoms with van der Waals surface area (Å²) in [6.45, 7) is 5.35. The Hall–Kier alpha value is -0.900. The van der Waals surface area contributed by atoms with Gasteiger partial charge in [0.25, 0.3) is 0 Å². The minimum absolute atomic E-state index is 0.0844. The van der Waals surface area contributed by atoms with Crippen molar-refractivity contribution in [1.29, 1.82) is 0 Å². The summed E-state index contributed by atoms with van der Waals surface area (Å²) in [4.78, 5) is 0. The highest BCUT2D eigenvalue weighted by Gasteiger charge is 2.44. The van der Waals surface area contributed by atoms with Crippen LogP contribution in [0, 0.1) is 19.3 Å². The van der Waals surface area contributed by atoms with Gasteiger partial charge in [0.2, 0.25) is 0 Å². The average Bonchev–Trinajstić information content (AvgIpc) is 2.21. The Morgan fingerprint density at radius 1 is 1.38 bits per heavy atom. The average molecular weight is 221 g/mol. The zero-order valence-corrected chi connectivity index (χ0v) is 9.86. The maximum absolute atomic E-state index is 9.43. The summed E-state index contributed by atoms with van der Waals surface area (Å²) in [5.74, 6) is 0. The van der Waals surface area contributed by atoms with Crippen LogP contribution in [0.25, 0.3) is 0 Å². The molecule has 1 saturated heterocycles. The second-order valence-corrected chi connectivity index (χ2v) is 4.83. The van der Waals surface area contributed by atoms with Crippen molar-refractivity contribution >= 4 is 0 Å². The standard InChI is InChI=1S/C13H19NO2/c1-9-3-4-11(5-10(9)2)12(14)13(6-15)7-16-8-13/h3-5,12,15H,6-8,14H2,1-2H3. The predicted octanol–water partition coefficient (Wildman–Crippen LogP) is 1.31. The summed E-state index contributed by atoms with van der Waals surface area (Å²) in [6, 6.07) is 6.08. The van der Waals surface area contributed by atoms with Gasteiger partial charge in [0.1, 0.15) is 0 Å². The zero-order chi connectivity index (χ0) is 11.8. The maximum Gasteiger partial charge on any atom is 0.0594 e. The van der Waals surface area contributed by atoms with E-state index in [4.69, 9.17) is 10.5 Å². The van der Waals surface area contributed by atoms with Crippen molar-refractivity contribution in [3.05, 3.63) is 34.9 Å². The van der Waals surface area contributed by atoms with E-state index < -0.39 is 0 Å². The molecular weight excluding hydrogens is 202 g/mol. The molecule has 1 atom stereocenters. The second kappa shape index (κ2) is 4.17. The number of rotatable bonds is 3. The molecule has 1 aliphatic rings. The Labute approximate surface area is 96.2 Å². The van der Waals surface area contributed by atoms with E-state index in [0.717, 1.165) is 5.56 Å². The SMILES string of the molecule is Cc1ccc(C(N)C2(CO)COC2)cc1C. The third-order valence-electron chi connectivity index (χ3n) is 3.64. The van der Waals surface area contributed by atoms with Crippen LogP contribution in [0.5, 0.6) is 0 Å². The number of aliphatic hydroxyl groups excluding tert-OH is 1. The normalized spacial score (nSPS) is 20.2. The van der Waals surface area contributed by atoms with Crippen molar-refractivity contribution in [2.45, 2.75) is 19.9 Å². The van der Waals surface area contributed by atoms with E-state index in [1.807, 2.05) is 6.07 Å². The predicted molar refractivity (Wildman–Crippen MR) is 63.2 cm³/mol. The van der Waals surface area contributed by atoms with Crippen molar-refractivity contribution in [2.24, 2.45) is 11.1 Å². The van der Waals surface area contributed by atoms with Crippen molar-refractivity contribution < 1.29 is 9.84 Å². The number of benzene rings is 1. The molecule has 1 aromatic carbocycles. The Kier molecular flexibility index (Phi) is 3.02. The molecule has 0 aromatic heterocycles. The fourth-order valence-electron chi connectivity index (χ4n) is 2.05. The Bertz CT molecular complexity index is 380. The molecule has 16 heavy (non-hydrogen) atoms. The molecule has 88 valence electrons. The number of hydrogen-bond donors (Lipinski definition) is 2. The lowest BCUT2D eigenvalue weighted by atomic mass is 9.76. The fourth-order valence-corrected chi connectivity index (χ4v) is 2.05. The molecule has 1 aromatic rings. The summed E-state index contributed by atoms with van der Waals surface area (Å²) < 4.78 is 5.19. The highest BCUT2D eigenvalue weighted by molar-refractivity contribution is 5.33. The number of nitrogens with two attached hydrogens (primary N) is 1. The maximum atomic E-state index is 9.43. The lowest BCUT2D eigenvalue weighted by molar-refractivity contribution is -0.150. The fraction of sp³-hybridized carbons (Fsp3) is 0.538. The van der Waals surface area contributed by atoms with Gasteiger partial charge in [0, 0.05) is 6.04 Å². The molecule has 2 rings (SSSR count). The van der Waals surface area contributed by atoms with E-state index >= 15 is 0 Å². The van der Waals surface area contributed by atoms with E-state index in [1.165, 1.54) is 11.1 Å². The highest BCUT2D eigenvalue weighted by Crippen LogP contribution is 2.38. The van der Waals surface area contributed by atoms with Crippen LogP contribution in [-0.4, -0.2) is 24.9 Å². The largest absolute Gasteiger partial charge is 0.396 e. The van der Waals surface area contributed by atoms with Gasteiger partial charge in [-0.1, -0.05) is 18.2 Å². The summed E-state index contributed by atoms with van der Waals surface area (Å²) in [5.41, 5.74) is 9.53. The first-order valence-corrected chi connectivity index (χ1v) is 5.60. The summed E-state index contributed by atoms with van der Waals surface area (Å²) in [7, 11) is 0. The monoisotopic (exact) mass is 221 g/mol. The summed E-state index contributed by atoms with van der Waals surface area (Å²) >= 11 is 0. The lowest BCUT2D eigenvalue weighted by Gasteiger charge is -2.44. The number of aryl methyl sites for hydroxylation is 2. The van der Waals surface area contributed by atoms with Crippen LogP contribution >= 0.6 is 0 Å². The number of hydrogen-bond acceptors (Lipinski definition) is 3. The summed E-state index contributed by atoms with van der Waals surface area (Å²) in [5, 5.41) is 9.43. The van der Waals surface area contributed by atoms with E-state index in [0.29, 0.717) is 13.2 Å². The van der Waals surface area contributed by atoms with Crippen LogP contribution in [0.15, 0.2) is 18.2 Å². The lowest BCUT2D eigenvalue weighted by Crippen LogP contribution is -2.52. The topological polar surface area (TPSA) is 55.5 Å². The van der Waals surface area contributed by atoms with Gasteiger partial charge in [-0.05, 0) is 30.5 Å².